The first-order valence-electron chi connectivity index (χ1n) is 5.88. The molecule has 0 spiro atoms. The molecule has 0 bridgehead atoms. The number of carbonyl (C=O) groups is 1. The summed E-state index contributed by atoms with van der Waals surface area (Å²) in [6, 6.07) is 0.260. The van der Waals surface area contributed by atoms with Crippen molar-refractivity contribution in [3.05, 3.63) is 0 Å². The molecule has 1 fully saturated rings. The van der Waals surface area contributed by atoms with Crippen molar-refractivity contribution in [1.29, 1.82) is 0 Å². The molecule has 1 aliphatic rings. The molecule has 2 amide bonds. The van der Waals surface area contributed by atoms with Gasteiger partial charge < -0.3 is 15.5 Å². The Balaban J connectivity index is 2.49. The number of likely N-dealkylation sites (tertiary alicyclic amines) is 1. The fourth-order valence-corrected chi connectivity index (χ4v) is 1.83. The van der Waals surface area contributed by atoms with E-state index >= 15 is 0 Å². The van der Waals surface area contributed by atoms with Crippen molar-refractivity contribution in [3.8, 4) is 0 Å². The summed E-state index contributed by atoms with van der Waals surface area (Å²) in [6.45, 7) is 4.31. The van der Waals surface area contributed by atoms with Gasteiger partial charge >= 0.3 is 6.03 Å². The van der Waals surface area contributed by atoms with Crippen molar-refractivity contribution >= 4 is 6.03 Å². The van der Waals surface area contributed by atoms with E-state index in [1.54, 1.807) is 4.90 Å². The smallest absolute Gasteiger partial charge is 0.320 e. The number of rotatable bonds is 2. The van der Waals surface area contributed by atoms with Gasteiger partial charge in [0.2, 0.25) is 0 Å². The van der Waals surface area contributed by atoms with E-state index < -0.39 is 0 Å². The highest BCUT2D eigenvalue weighted by Gasteiger charge is 2.21. The van der Waals surface area contributed by atoms with E-state index in [0.717, 1.165) is 25.9 Å². The minimum atomic E-state index is 0.126. The van der Waals surface area contributed by atoms with Crippen LogP contribution in [-0.4, -0.2) is 48.6 Å². The molecule has 15 heavy (non-hydrogen) atoms. The first-order chi connectivity index (χ1) is 7.16. The maximum Gasteiger partial charge on any atom is 0.320 e. The minimum Gasteiger partial charge on any atom is -0.328 e. The fourth-order valence-electron chi connectivity index (χ4n) is 1.83. The van der Waals surface area contributed by atoms with Crippen LogP contribution in [0.25, 0.3) is 0 Å². The van der Waals surface area contributed by atoms with Crippen LogP contribution >= 0.6 is 0 Å². The standard InChI is InChI=1S/C11H23N3O/c1-10(9-12)13(2)11(15)14-7-5-3-4-6-8-14/h10H,3-9,12H2,1-2H3. The molecular formula is C11H23N3O. The van der Waals surface area contributed by atoms with Crippen molar-refractivity contribution in [1.82, 2.24) is 9.80 Å². The zero-order valence-corrected chi connectivity index (χ0v) is 9.91. The van der Waals surface area contributed by atoms with Gasteiger partial charge in [-0.05, 0) is 19.8 Å². The summed E-state index contributed by atoms with van der Waals surface area (Å²) in [5, 5.41) is 0. The molecule has 4 heteroatoms. The normalized spacial score (nSPS) is 19.5. The van der Waals surface area contributed by atoms with Crippen molar-refractivity contribution < 1.29 is 4.79 Å². The molecule has 1 aliphatic heterocycles. The average molecular weight is 213 g/mol. The molecule has 0 saturated carbocycles. The molecule has 1 unspecified atom stereocenters. The van der Waals surface area contributed by atoms with Gasteiger partial charge in [-0.3, -0.25) is 0 Å². The molecule has 0 radical (unpaired) electrons. The zero-order valence-electron chi connectivity index (χ0n) is 9.91. The SMILES string of the molecule is CC(CN)N(C)C(=O)N1CCCCCC1. The summed E-state index contributed by atoms with van der Waals surface area (Å²) in [5.41, 5.74) is 5.56. The van der Waals surface area contributed by atoms with Gasteiger partial charge in [-0.25, -0.2) is 4.79 Å². The van der Waals surface area contributed by atoms with Crippen molar-refractivity contribution in [3.63, 3.8) is 0 Å². The lowest BCUT2D eigenvalue weighted by Gasteiger charge is -2.30. The second-order valence-electron chi connectivity index (χ2n) is 4.38. The topological polar surface area (TPSA) is 49.6 Å². The Labute approximate surface area is 92.4 Å². The van der Waals surface area contributed by atoms with E-state index in [4.69, 9.17) is 5.73 Å². The maximum absolute atomic E-state index is 12.0. The number of nitrogens with zero attached hydrogens (tertiary/aromatic N) is 2. The van der Waals surface area contributed by atoms with E-state index in [9.17, 15) is 4.79 Å². The van der Waals surface area contributed by atoms with Gasteiger partial charge in [0.1, 0.15) is 0 Å². The number of hydrogen-bond donors (Lipinski definition) is 1. The first-order valence-corrected chi connectivity index (χ1v) is 5.88. The quantitative estimate of drug-likeness (QED) is 0.750. The second kappa shape index (κ2) is 5.95. The highest BCUT2D eigenvalue weighted by Crippen LogP contribution is 2.12. The minimum absolute atomic E-state index is 0.126. The highest BCUT2D eigenvalue weighted by atomic mass is 16.2. The summed E-state index contributed by atoms with van der Waals surface area (Å²) >= 11 is 0. The predicted octanol–water partition coefficient (Wildman–Crippen LogP) is 1.26. The molecule has 1 atom stereocenters. The van der Waals surface area contributed by atoms with E-state index in [2.05, 4.69) is 0 Å². The van der Waals surface area contributed by atoms with Crippen LogP contribution in [0.2, 0.25) is 0 Å². The van der Waals surface area contributed by atoms with Crippen LogP contribution in [-0.2, 0) is 0 Å². The monoisotopic (exact) mass is 213 g/mol. The number of nitrogens with two attached hydrogens (primary N) is 1. The van der Waals surface area contributed by atoms with Crippen LogP contribution < -0.4 is 5.73 Å². The lowest BCUT2D eigenvalue weighted by atomic mass is 10.2. The molecular weight excluding hydrogens is 190 g/mol. The fraction of sp³-hybridized carbons (Fsp3) is 0.909. The lowest BCUT2D eigenvalue weighted by molar-refractivity contribution is 0.152. The van der Waals surface area contributed by atoms with Crippen LogP contribution in [0, 0.1) is 0 Å². The van der Waals surface area contributed by atoms with Gasteiger partial charge in [-0.2, -0.15) is 0 Å². The first kappa shape index (κ1) is 12.3. The van der Waals surface area contributed by atoms with Crippen LogP contribution in [0.5, 0.6) is 0 Å². The summed E-state index contributed by atoms with van der Waals surface area (Å²) in [6.07, 6.45) is 4.77. The van der Waals surface area contributed by atoms with Gasteiger partial charge in [0.15, 0.2) is 0 Å². The third kappa shape index (κ3) is 3.38. The molecule has 0 aliphatic carbocycles. The van der Waals surface area contributed by atoms with Gasteiger partial charge in [-0.15, -0.1) is 0 Å². The Kier molecular flexibility index (Phi) is 4.88. The highest BCUT2D eigenvalue weighted by molar-refractivity contribution is 5.74. The second-order valence-corrected chi connectivity index (χ2v) is 4.38. The summed E-state index contributed by atoms with van der Waals surface area (Å²) < 4.78 is 0. The molecule has 88 valence electrons. The number of carbonyl (C=O) groups excluding carboxylic acids is 1. The van der Waals surface area contributed by atoms with Gasteiger partial charge in [0, 0.05) is 32.7 Å². The maximum atomic E-state index is 12.0. The summed E-state index contributed by atoms with van der Waals surface area (Å²) in [4.78, 5) is 15.8. The molecule has 4 nitrogen and oxygen atoms in total. The molecule has 0 aromatic heterocycles. The zero-order chi connectivity index (χ0) is 11.3. The number of urea groups is 1. The average Bonchev–Trinajstić information content (AvgIpc) is 2.54. The lowest BCUT2D eigenvalue weighted by Crippen LogP contribution is -2.47. The summed E-state index contributed by atoms with van der Waals surface area (Å²) in [5.74, 6) is 0. The Morgan fingerprint density at radius 1 is 1.33 bits per heavy atom. The molecule has 1 heterocycles. The van der Waals surface area contributed by atoms with E-state index in [1.165, 1.54) is 12.8 Å². The Morgan fingerprint density at radius 2 is 1.87 bits per heavy atom. The van der Waals surface area contributed by atoms with Crippen molar-refractivity contribution in [2.75, 3.05) is 26.7 Å². The predicted molar refractivity (Wildman–Crippen MR) is 61.7 cm³/mol. The number of hydrogen-bond acceptors (Lipinski definition) is 2. The Hall–Kier alpha value is -0.770. The van der Waals surface area contributed by atoms with Crippen LogP contribution in [0.3, 0.4) is 0 Å². The Bertz CT molecular complexity index is 200. The van der Waals surface area contributed by atoms with Gasteiger partial charge in [0.25, 0.3) is 0 Å². The van der Waals surface area contributed by atoms with E-state index in [1.807, 2.05) is 18.9 Å². The third-order valence-corrected chi connectivity index (χ3v) is 3.18. The molecule has 0 aromatic carbocycles. The van der Waals surface area contributed by atoms with Crippen LogP contribution in [0.1, 0.15) is 32.6 Å². The van der Waals surface area contributed by atoms with Crippen LogP contribution in [0.15, 0.2) is 0 Å². The largest absolute Gasteiger partial charge is 0.328 e. The summed E-state index contributed by atoms with van der Waals surface area (Å²) in [7, 11) is 1.84. The van der Waals surface area contributed by atoms with Crippen molar-refractivity contribution in [2.24, 2.45) is 5.73 Å². The number of likely N-dealkylation sites (N-methyl/N-ethyl adjacent to an activating group) is 1. The molecule has 1 saturated heterocycles. The van der Waals surface area contributed by atoms with Gasteiger partial charge in [-0.1, -0.05) is 12.8 Å². The van der Waals surface area contributed by atoms with Crippen LogP contribution in [0.4, 0.5) is 4.79 Å². The molecule has 2 N–H and O–H groups in total. The third-order valence-electron chi connectivity index (χ3n) is 3.18. The number of amides is 2. The molecule has 1 rings (SSSR count). The van der Waals surface area contributed by atoms with E-state index in [-0.39, 0.29) is 12.1 Å². The molecule has 0 aromatic rings. The van der Waals surface area contributed by atoms with E-state index in [0.29, 0.717) is 6.54 Å². The Morgan fingerprint density at radius 3 is 2.33 bits per heavy atom. The van der Waals surface area contributed by atoms with Crippen molar-refractivity contribution in [2.45, 2.75) is 38.6 Å². The van der Waals surface area contributed by atoms with Gasteiger partial charge in [0.05, 0.1) is 0 Å².